The quantitative estimate of drug-likeness (QED) is 0.513. The minimum Gasteiger partial charge on any atom is -0.494 e. The zero-order valence-corrected chi connectivity index (χ0v) is 12.4. The van der Waals surface area contributed by atoms with Gasteiger partial charge in [0.1, 0.15) is 5.75 Å². The third-order valence-corrected chi connectivity index (χ3v) is 3.57. The zero-order chi connectivity index (χ0) is 15.4. The first-order chi connectivity index (χ1) is 10.8. The molecule has 112 valence electrons. The van der Waals surface area contributed by atoms with Gasteiger partial charge in [0.05, 0.1) is 12.3 Å². The molecule has 0 atom stereocenters. The number of para-hydroxylation sites is 1. The van der Waals surface area contributed by atoms with E-state index in [4.69, 9.17) is 4.74 Å². The van der Waals surface area contributed by atoms with E-state index in [0.717, 1.165) is 28.1 Å². The van der Waals surface area contributed by atoms with Gasteiger partial charge in [0.2, 0.25) is 0 Å². The number of nitrogens with one attached hydrogen (secondary N) is 1. The minimum absolute atomic E-state index is 0.463. The zero-order valence-electron chi connectivity index (χ0n) is 12.4. The number of benzene rings is 2. The number of rotatable bonds is 4. The summed E-state index contributed by atoms with van der Waals surface area (Å²) in [6, 6.07) is 15.5. The molecular formula is C18H18N2O2. The minimum atomic E-state index is 0.463. The molecule has 4 heteroatoms. The lowest BCUT2D eigenvalue weighted by Gasteiger charge is -2.09. The number of ether oxygens (including phenoxy) is 1. The highest BCUT2D eigenvalue weighted by Gasteiger charge is 2.20. The summed E-state index contributed by atoms with van der Waals surface area (Å²) < 4.78 is 5.67. The van der Waals surface area contributed by atoms with Crippen LogP contribution in [-0.2, 0) is 6.42 Å². The highest BCUT2D eigenvalue weighted by atomic mass is 16.5. The molecule has 4 nitrogen and oxygen atoms in total. The summed E-state index contributed by atoms with van der Waals surface area (Å²) in [7, 11) is 0. The van der Waals surface area contributed by atoms with Crippen molar-refractivity contribution in [2.45, 2.75) is 13.3 Å². The van der Waals surface area contributed by atoms with Crippen LogP contribution in [0.25, 0.3) is 6.08 Å². The molecule has 1 aliphatic rings. The fraction of sp³-hybridized carbons (Fsp3) is 0.167. The van der Waals surface area contributed by atoms with Crippen LogP contribution in [0.3, 0.4) is 0 Å². The predicted octanol–water partition coefficient (Wildman–Crippen LogP) is 3.73. The van der Waals surface area contributed by atoms with Crippen LogP contribution in [0.2, 0.25) is 0 Å². The Labute approximate surface area is 129 Å². The Morgan fingerprint density at radius 2 is 2.00 bits per heavy atom. The lowest BCUT2D eigenvalue weighted by molar-refractivity contribution is 0.235. The second-order valence-corrected chi connectivity index (χ2v) is 5.01. The summed E-state index contributed by atoms with van der Waals surface area (Å²) in [4.78, 5) is 4.46. The fourth-order valence-electron chi connectivity index (χ4n) is 2.58. The maximum Gasteiger partial charge on any atom is 0.153 e. The van der Waals surface area contributed by atoms with Gasteiger partial charge in [0.15, 0.2) is 5.84 Å². The first-order valence-electron chi connectivity index (χ1n) is 7.31. The first kappa shape index (κ1) is 14.4. The van der Waals surface area contributed by atoms with Crippen molar-refractivity contribution in [2.24, 2.45) is 4.99 Å². The van der Waals surface area contributed by atoms with Crippen LogP contribution in [0.15, 0.2) is 59.1 Å². The average molecular weight is 294 g/mol. The Balaban J connectivity index is 1.90. The molecule has 2 aromatic carbocycles. The van der Waals surface area contributed by atoms with Crippen molar-refractivity contribution in [2.75, 3.05) is 6.61 Å². The van der Waals surface area contributed by atoms with Gasteiger partial charge < -0.3 is 4.74 Å². The van der Waals surface area contributed by atoms with Gasteiger partial charge in [0, 0.05) is 17.6 Å². The van der Waals surface area contributed by atoms with E-state index in [1.165, 1.54) is 0 Å². The van der Waals surface area contributed by atoms with Gasteiger partial charge in [-0.05, 0) is 36.8 Å². The molecule has 0 unspecified atom stereocenters. The van der Waals surface area contributed by atoms with Crippen LogP contribution in [0.5, 0.6) is 5.75 Å². The molecule has 1 aliphatic carbocycles. The molecule has 2 aromatic rings. The molecule has 0 bridgehead atoms. The lowest BCUT2D eigenvalue weighted by Crippen LogP contribution is -2.21. The standard InChI is InChI=1S/C18H18N2O2/c1-2-22-17-10-6-7-13-11-14(12-16(13)17)18(20-21)19-15-8-4-3-5-9-15/h3-11,21H,2,12H2,1H3,(H,19,20). The molecule has 3 rings (SSSR count). The molecule has 2 N–H and O–H groups in total. The molecule has 0 heterocycles. The molecule has 0 fully saturated rings. The third-order valence-electron chi connectivity index (χ3n) is 3.57. The van der Waals surface area contributed by atoms with E-state index >= 15 is 0 Å². The summed E-state index contributed by atoms with van der Waals surface area (Å²) in [5.41, 5.74) is 6.19. The Hall–Kier alpha value is -2.59. The van der Waals surface area contributed by atoms with Crippen LogP contribution < -0.4 is 10.2 Å². The van der Waals surface area contributed by atoms with Gasteiger partial charge in [-0.3, -0.25) is 10.7 Å². The maximum absolute atomic E-state index is 9.45. The van der Waals surface area contributed by atoms with Gasteiger partial charge in [-0.2, -0.15) is 0 Å². The maximum atomic E-state index is 9.45. The van der Waals surface area contributed by atoms with E-state index in [1.807, 2.05) is 61.5 Å². The van der Waals surface area contributed by atoms with Gasteiger partial charge in [-0.25, -0.2) is 4.99 Å². The molecule has 0 radical (unpaired) electrons. The van der Waals surface area contributed by atoms with Gasteiger partial charge in [0.25, 0.3) is 0 Å². The smallest absolute Gasteiger partial charge is 0.153 e. The van der Waals surface area contributed by atoms with Crippen molar-refractivity contribution in [3.63, 3.8) is 0 Å². The summed E-state index contributed by atoms with van der Waals surface area (Å²) >= 11 is 0. The largest absolute Gasteiger partial charge is 0.494 e. The van der Waals surface area contributed by atoms with Gasteiger partial charge >= 0.3 is 0 Å². The van der Waals surface area contributed by atoms with Crippen molar-refractivity contribution in [1.82, 2.24) is 5.48 Å². The number of fused-ring (bicyclic) bond motifs is 1. The van der Waals surface area contributed by atoms with Crippen LogP contribution >= 0.6 is 0 Å². The number of nitrogens with zero attached hydrogens (tertiary/aromatic N) is 1. The Kier molecular flexibility index (Phi) is 4.21. The Morgan fingerprint density at radius 3 is 2.73 bits per heavy atom. The summed E-state index contributed by atoms with van der Waals surface area (Å²) in [5.74, 6) is 1.35. The number of amidine groups is 1. The van der Waals surface area contributed by atoms with Crippen LogP contribution in [0.1, 0.15) is 18.1 Å². The molecule has 0 saturated heterocycles. The second-order valence-electron chi connectivity index (χ2n) is 5.01. The number of hydroxylamine groups is 1. The van der Waals surface area contributed by atoms with E-state index in [-0.39, 0.29) is 0 Å². The lowest BCUT2D eigenvalue weighted by atomic mass is 10.1. The van der Waals surface area contributed by atoms with Crippen LogP contribution in [0.4, 0.5) is 5.69 Å². The SMILES string of the molecule is CCOc1cccc2c1CC(C(=Nc1ccccc1)NO)=C2. The van der Waals surface area contributed by atoms with Crippen molar-refractivity contribution >= 4 is 17.6 Å². The molecule has 22 heavy (non-hydrogen) atoms. The summed E-state index contributed by atoms with van der Waals surface area (Å²) in [6.45, 7) is 2.61. The summed E-state index contributed by atoms with van der Waals surface area (Å²) in [5, 5.41) is 9.45. The van der Waals surface area contributed by atoms with Crippen molar-refractivity contribution in [3.8, 4) is 5.75 Å². The first-order valence-corrected chi connectivity index (χ1v) is 7.31. The van der Waals surface area contributed by atoms with Crippen molar-refractivity contribution < 1.29 is 9.94 Å². The molecule has 0 saturated carbocycles. The topological polar surface area (TPSA) is 53.8 Å². The molecule has 0 aliphatic heterocycles. The highest BCUT2D eigenvalue weighted by molar-refractivity contribution is 6.05. The van der Waals surface area contributed by atoms with Crippen molar-refractivity contribution in [3.05, 3.63) is 65.2 Å². The highest BCUT2D eigenvalue weighted by Crippen LogP contribution is 2.33. The monoisotopic (exact) mass is 294 g/mol. The van der Waals surface area contributed by atoms with E-state index in [2.05, 4.69) is 10.5 Å². The second kappa shape index (κ2) is 6.45. The fourth-order valence-corrected chi connectivity index (χ4v) is 2.58. The van der Waals surface area contributed by atoms with E-state index in [1.54, 1.807) is 0 Å². The molecule has 0 aromatic heterocycles. The normalized spacial score (nSPS) is 13.5. The van der Waals surface area contributed by atoms with Gasteiger partial charge in [-0.1, -0.05) is 30.3 Å². The van der Waals surface area contributed by atoms with E-state index in [0.29, 0.717) is 18.9 Å². The predicted molar refractivity (Wildman–Crippen MR) is 87.8 cm³/mol. The molecular weight excluding hydrogens is 276 g/mol. The third kappa shape index (κ3) is 2.87. The average Bonchev–Trinajstić information content (AvgIpc) is 2.99. The van der Waals surface area contributed by atoms with Gasteiger partial charge in [-0.15, -0.1) is 0 Å². The number of aliphatic imine (C=N–C) groups is 1. The number of hydrogen-bond donors (Lipinski definition) is 2. The van der Waals surface area contributed by atoms with Crippen LogP contribution in [-0.4, -0.2) is 17.6 Å². The number of hydrogen-bond acceptors (Lipinski definition) is 3. The Bertz CT molecular complexity index is 721. The van der Waals surface area contributed by atoms with E-state index in [9.17, 15) is 5.21 Å². The molecule has 0 spiro atoms. The van der Waals surface area contributed by atoms with Crippen LogP contribution in [0, 0.1) is 0 Å². The van der Waals surface area contributed by atoms with Crippen molar-refractivity contribution in [1.29, 1.82) is 0 Å². The van der Waals surface area contributed by atoms with E-state index < -0.39 is 0 Å². The molecule has 0 amide bonds. The summed E-state index contributed by atoms with van der Waals surface area (Å²) in [6.07, 6.45) is 2.72. The Morgan fingerprint density at radius 1 is 1.18 bits per heavy atom.